The number of fused-ring (bicyclic) bond motifs is 1. The fourth-order valence-electron chi connectivity index (χ4n) is 2.88. The molecule has 0 aliphatic carbocycles. The van der Waals surface area contributed by atoms with E-state index in [0.717, 1.165) is 4.90 Å². The number of carbonyl (C=O) groups excluding carboxylic acids is 2. The number of urea groups is 1. The van der Waals surface area contributed by atoms with E-state index in [1.54, 1.807) is 18.3 Å². The van der Waals surface area contributed by atoms with E-state index in [9.17, 15) is 14.0 Å². The second-order valence-corrected chi connectivity index (χ2v) is 6.20. The number of hydrogen-bond donors (Lipinski definition) is 1. The second-order valence-electron chi connectivity index (χ2n) is 6.20. The number of aromatic nitrogens is 1. The van der Waals surface area contributed by atoms with Crippen LogP contribution in [0.3, 0.4) is 0 Å². The summed E-state index contributed by atoms with van der Waals surface area (Å²) in [6, 6.07) is 5.25. The molecule has 120 valence electrons. The van der Waals surface area contributed by atoms with E-state index in [1.165, 1.54) is 12.1 Å². The number of amides is 3. The Balaban J connectivity index is 1.90. The molecule has 1 aromatic heterocycles. The lowest BCUT2D eigenvalue weighted by atomic mass is 10.0. The number of imide groups is 1. The quantitative estimate of drug-likeness (QED) is 0.883. The maximum Gasteiger partial charge on any atom is 0.325 e. The molecule has 0 radical (unpaired) electrons. The number of nitrogens with zero attached hydrogens (tertiary/aromatic N) is 2. The fourth-order valence-corrected chi connectivity index (χ4v) is 2.88. The number of hydrogen-bond acceptors (Lipinski definition) is 3. The lowest BCUT2D eigenvalue weighted by Crippen LogP contribution is -2.31. The first kappa shape index (κ1) is 15.4. The van der Waals surface area contributed by atoms with Crippen LogP contribution in [0.4, 0.5) is 9.18 Å². The molecule has 3 rings (SSSR count). The van der Waals surface area contributed by atoms with E-state index >= 15 is 0 Å². The first-order valence-corrected chi connectivity index (χ1v) is 7.60. The van der Waals surface area contributed by atoms with Crippen LogP contribution in [0.15, 0.2) is 30.5 Å². The molecule has 1 aliphatic heterocycles. The summed E-state index contributed by atoms with van der Waals surface area (Å²) in [4.78, 5) is 29.9. The highest BCUT2D eigenvalue weighted by Gasteiger charge is 2.38. The van der Waals surface area contributed by atoms with Gasteiger partial charge in [-0.25, -0.2) is 9.18 Å². The Bertz CT molecular complexity index is 776. The highest BCUT2D eigenvalue weighted by atomic mass is 19.1. The van der Waals surface area contributed by atoms with E-state index in [1.807, 2.05) is 13.8 Å². The van der Waals surface area contributed by atoms with Crippen molar-refractivity contribution in [3.63, 3.8) is 0 Å². The SMILES string of the molecule is CC(C)C[C@H]1NC(=O)N(Cc2cc(F)cc3cccnc23)C1=O. The third-order valence-corrected chi connectivity index (χ3v) is 3.89. The van der Waals surface area contributed by atoms with Crippen molar-refractivity contribution in [2.75, 3.05) is 0 Å². The molecule has 3 amide bonds. The van der Waals surface area contributed by atoms with E-state index in [0.29, 0.717) is 28.8 Å². The van der Waals surface area contributed by atoms with Gasteiger partial charge in [0.1, 0.15) is 11.9 Å². The Morgan fingerprint density at radius 1 is 1.35 bits per heavy atom. The van der Waals surface area contributed by atoms with Crippen LogP contribution in [0, 0.1) is 11.7 Å². The van der Waals surface area contributed by atoms with Crippen LogP contribution < -0.4 is 5.32 Å². The van der Waals surface area contributed by atoms with Crippen molar-refractivity contribution in [3.05, 3.63) is 41.8 Å². The summed E-state index contributed by atoms with van der Waals surface area (Å²) in [7, 11) is 0. The zero-order valence-electron chi connectivity index (χ0n) is 13.0. The number of rotatable bonds is 4. The zero-order chi connectivity index (χ0) is 16.6. The van der Waals surface area contributed by atoms with Gasteiger partial charge in [-0.3, -0.25) is 14.7 Å². The summed E-state index contributed by atoms with van der Waals surface area (Å²) < 4.78 is 13.8. The molecular weight excluding hydrogens is 297 g/mol. The minimum Gasteiger partial charge on any atom is -0.326 e. The van der Waals surface area contributed by atoms with E-state index in [4.69, 9.17) is 0 Å². The van der Waals surface area contributed by atoms with E-state index < -0.39 is 17.9 Å². The molecule has 1 N–H and O–H groups in total. The Morgan fingerprint density at radius 3 is 2.87 bits per heavy atom. The molecule has 1 aliphatic rings. The molecule has 0 bridgehead atoms. The van der Waals surface area contributed by atoms with Crippen molar-refractivity contribution in [3.8, 4) is 0 Å². The minimum atomic E-state index is -0.504. The standard InChI is InChI=1S/C17H18FN3O2/c1-10(2)6-14-16(22)21(17(23)20-14)9-12-8-13(18)7-11-4-3-5-19-15(11)12/h3-5,7-8,10,14H,6,9H2,1-2H3,(H,20,23)/t14-/m1/s1. The van der Waals surface area contributed by atoms with Gasteiger partial charge in [-0.1, -0.05) is 19.9 Å². The molecule has 1 saturated heterocycles. The zero-order valence-corrected chi connectivity index (χ0v) is 13.0. The topological polar surface area (TPSA) is 62.3 Å². The molecule has 0 saturated carbocycles. The number of pyridine rings is 1. The third-order valence-electron chi connectivity index (χ3n) is 3.89. The van der Waals surface area contributed by atoms with Crippen LogP contribution in [0.1, 0.15) is 25.8 Å². The molecule has 5 nitrogen and oxygen atoms in total. The Labute approximate surface area is 133 Å². The highest BCUT2D eigenvalue weighted by Crippen LogP contribution is 2.22. The van der Waals surface area contributed by atoms with E-state index in [2.05, 4.69) is 10.3 Å². The van der Waals surface area contributed by atoms with Gasteiger partial charge < -0.3 is 5.32 Å². The number of carbonyl (C=O) groups is 2. The van der Waals surface area contributed by atoms with Gasteiger partial charge in [-0.05, 0) is 30.5 Å². The number of benzene rings is 1. The minimum absolute atomic E-state index is 0.0184. The molecule has 0 spiro atoms. The number of halogens is 1. The monoisotopic (exact) mass is 315 g/mol. The fraction of sp³-hybridized carbons (Fsp3) is 0.353. The van der Waals surface area contributed by atoms with Gasteiger partial charge in [0.15, 0.2) is 0 Å². The largest absolute Gasteiger partial charge is 0.326 e. The summed E-state index contributed by atoms with van der Waals surface area (Å²) in [5.74, 6) is -0.385. The van der Waals surface area contributed by atoms with E-state index in [-0.39, 0.29) is 12.5 Å². The Hall–Kier alpha value is -2.50. The lowest BCUT2D eigenvalue weighted by molar-refractivity contribution is -0.128. The van der Waals surface area contributed by atoms with Crippen LogP contribution in [0.25, 0.3) is 10.9 Å². The molecule has 2 heterocycles. The summed E-state index contributed by atoms with van der Waals surface area (Å²) in [6.07, 6.45) is 2.19. The molecule has 6 heteroatoms. The number of nitrogens with one attached hydrogen (secondary N) is 1. The van der Waals surface area contributed by atoms with Crippen molar-refractivity contribution in [2.24, 2.45) is 5.92 Å². The first-order valence-electron chi connectivity index (χ1n) is 7.60. The molecule has 0 unspecified atom stereocenters. The maximum absolute atomic E-state index is 13.8. The van der Waals surface area contributed by atoms with Crippen molar-refractivity contribution in [1.82, 2.24) is 15.2 Å². The van der Waals surface area contributed by atoms with Crippen LogP contribution in [-0.2, 0) is 11.3 Å². The van der Waals surface area contributed by atoms with Crippen LogP contribution in [0.5, 0.6) is 0 Å². The average molecular weight is 315 g/mol. The van der Waals surface area contributed by atoms with Crippen molar-refractivity contribution in [2.45, 2.75) is 32.9 Å². The Morgan fingerprint density at radius 2 is 2.13 bits per heavy atom. The molecule has 1 atom stereocenters. The predicted molar refractivity (Wildman–Crippen MR) is 84.0 cm³/mol. The van der Waals surface area contributed by atoms with Gasteiger partial charge in [0.25, 0.3) is 5.91 Å². The van der Waals surface area contributed by atoms with Crippen LogP contribution in [-0.4, -0.2) is 27.9 Å². The van der Waals surface area contributed by atoms with Crippen LogP contribution in [0.2, 0.25) is 0 Å². The summed E-state index contributed by atoms with van der Waals surface area (Å²) in [5, 5.41) is 3.34. The van der Waals surface area contributed by atoms with Crippen molar-refractivity contribution in [1.29, 1.82) is 0 Å². The van der Waals surface area contributed by atoms with Gasteiger partial charge in [-0.15, -0.1) is 0 Å². The Kier molecular flexibility index (Phi) is 3.98. The average Bonchev–Trinajstić information content (AvgIpc) is 2.74. The lowest BCUT2D eigenvalue weighted by Gasteiger charge is -2.15. The van der Waals surface area contributed by atoms with Gasteiger partial charge in [0, 0.05) is 17.1 Å². The van der Waals surface area contributed by atoms with Gasteiger partial charge in [0.2, 0.25) is 0 Å². The smallest absolute Gasteiger partial charge is 0.325 e. The second kappa shape index (κ2) is 5.95. The summed E-state index contributed by atoms with van der Waals surface area (Å²) in [6.45, 7) is 4.00. The maximum atomic E-state index is 13.8. The highest BCUT2D eigenvalue weighted by molar-refractivity contribution is 6.04. The molecule has 23 heavy (non-hydrogen) atoms. The molecule has 1 aromatic carbocycles. The van der Waals surface area contributed by atoms with Crippen molar-refractivity contribution >= 4 is 22.8 Å². The predicted octanol–water partition coefficient (Wildman–Crippen LogP) is 2.84. The summed E-state index contributed by atoms with van der Waals surface area (Å²) in [5.41, 5.74) is 1.12. The molecule has 1 fully saturated rings. The van der Waals surface area contributed by atoms with Gasteiger partial charge >= 0.3 is 6.03 Å². The molecular formula is C17H18FN3O2. The molecule has 2 aromatic rings. The third kappa shape index (κ3) is 3.02. The first-order chi connectivity index (χ1) is 11.0. The van der Waals surface area contributed by atoms with Gasteiger partial charge in [0.05, 0.1) is 12.1 Å². The normalized spacial score (nSPS) is 18.1. The van der Waals surface area contributed by atoms with Gasteiger partial charge in [-0.2, -0.15) is 0 Å². The van der Waals surface area contributed by atoms with Crippen molar-refractivity contribution < 1.29 is 14.0 Å². The summed E-state index contributed by atoms with van der Waals surface area (Å²) >= 11 is 0. The van der Waals surface area contributed by atoms with Crippen LogP contribution >= 0.6 is 0 Å².